The Kier molecular flexibility index (Phi) is 7.76. The number of hydrogen-bond donors (Lipinski definition) is 0. The van der Waals surface area contributed by atoms with Gasteiger partial charge in [-0.2, -0.15) is 5.10 Å². The summed E-state index contributed by atoms with van der Waals surface area (Å²) in [5.41, 5.74) is 3.15. The van der Waals surface area contributed by atoms with E-state index < -0.39 is 11.9 Å². The van der Waals surface area contributed by atoms with Crippen molar-refractivity contribution in [2.24, 2.45) is 0 Å². The van der Waals surface area contributed by atoms with E-state index in [9.17, 15) is 14.0 Å². The van der Waals surface area contributed by atoms with Crippen LogP contribution in [0.5, 0.6) is 0 Å². The van der Waals surface area contributed by atoms with E-state index in [4.69, 9.17) is 23.2 Å². The third-order valence-electron chi connectivity index (χ3n) is 8.11. The predicted molar refractivity (Wildman–Crippen MR) is 157 cm³/mol. The average Bonchev–Trinajstić information content (AvgIpc) is 3.73. The summed E-state index contributed by atoms with van der Waals surface area (Å²) in [4.78, 5) is 30.8. The van der Waals surface area contributed by atoms with Gasteiger partial charge in [0.2, 0.25) is 5.91 Å². The number of nitrogens with zero attached hydrogens (tertiary/aromatic N) is 7. The summed E-state index contributed by atoms with van der Waals surface area (Å²) in [6, 6.07) is 11.5. The average molecular weight is 611 g/mol. The zero-order chi connectivity index (χ0) is 29.5. The molecule has 0 bridgehead atoms. The highest BCUT2D eigenvalue weighted by Gasteiger charge is 2.39. The Balaban J connectivity index is 1.11. The summed E-state index contributed by atoms with van der Waals surface area (Å²) in [5.74, 6) is -0.557. The molecule has 2 aromatic carbocycles. The Morgan fingerprint density at radius 1 is 1.02 bits per heavy atom. The summed E-state index contributed by atoms with van der Waals surface area (Å²) < 4.78 is 17.2. The highest BCUT2D eigenvalue weighted by Crippen LogP contribution is 2.32. The molecule has 2 saturated heterocycles. The number of carbonyl (C=O) groups is 2. The van der Waals surface area contributed by atoms with Crippen LogP contribution in [0.15, 0.2) is 54.9 Å². The first-order chi connectivity index (χ1) is 20.2. The molecule has 0 radical (unpaired) electrons. The SMILES string of the molecule is CC(C)c1c(C(=O)N2CCC(N3CCC(n4cc(-c5ccc(Cl)c(F)c5)nn4)C3=O)CC2)cnn1-c1ccccc1Cl. The monoisotopic (exact) mass is 609 g/mol. The number of amides is 2. The number of para-hydroxylation sites is 1. The lowest BCUT2D eigenvalue weighted by Gasteiger charge is -2.37. The van der Waals surface area contributed by atoms with Crippen LogP contribution in [0.25, 0.3) is 16.9 Å². The standard InChI is InChI=1S/C30H30Cl2FN7O2/c1-18(2)28-21(16-34-40(28)26-6-4-3-5-23(26)32)29(41)37-12-9-20(10-13-37)38-14-11-27(30(38)42)39-17-25(35-36-39)19-7-8-22(31)24(33)15-19/h3-8,15-18,20,27H,9-14H2,1-2H3. The van der Waals surface area contributed by atoms with Crippen LogP contribution in [0.2, 0.25) is 10.0 Å². The molecule has 12 heteroatoms. The minimum absolute atomic E-state index is 0.0124. The maximum atomic E-state index is 13.9. The molecule has 2 fully saturated rings. The Morgan fingerprint density at radius 3 is 2.50 bits per heavy atom. The minimum Gasteiger partial charge on any atom is -0.338 e. The summed E-state index contributed by atoms with van der Waals surface area (Å²) in [7, 11) is 0. The van der Waals surface area contributed by atoms with Crippen LogP contribution in [0.4, 0.5) is 4.39 Å². The molecule has 1 unspecified atom stereocenters. The zero-order valence-electron chi connectivity index (χ0n) is 23.3. The maximum absolute atomic E-state index is 13.9. The van der Waals surface area contributed by atoms with E-state index in [0.717, 1.165) is 11.4 Å². The summed E-state index contributed by atoms with van der Waals surface area (Å²) in [5, 5.41) is 13.5. The fraction of sp³-hybridized carbons (Fsp3) is 0.367. The van der Waals surface area contributed by atoms with E-state index in [0.29, 0.717) is 60.7 Å². The first-order valence-electron chi connectivity index (χ1n) is 14.0. The molecule has 6 rings (SSSR count). The van der Waals surface area contributed by atoms with E-state index in [1.165, 1.54) is 12.1 Å². The van der Waals surface area contributed by atoms with Gasteiger partial charge in [-0.25, -0.2) is 13.8 Å². The zero-order valence-corrected chi connectivity index (χ0v) is 24.8. The normalized spacial score (nSPS) is 18.0. The molecule has 0 saturated carbocycles. The second-order valence-electron chi connectivity index (χ2n) is 11.0. The van der Waals surface area contributed by atoms with E-state index in [1.54, 1.807) is 27.8 Å². The van der Waals surface area contributed by atoms with Gasteiger partial charge >= 0.3 is 0 Å². The predicted octanol–water partition coefficient (Wildman–Crippen LogP) is 5.78. The van der Waals surface area contributed by atoms with Crippen molar-refractivity contribution in [3.05, 3.63) is 82.0 Å². The molecule has 1 atom stereocenters. The van der Waals surface area contributed by atoms with Crippen molar-refractivity contribution in [1.29, 1.82) is 0 Å². The van der Waals surface area contributed by atoms with Gasteiger partial charge in [0.25, 0.3) is 5.91 Å². The number of halogens is 3. The molecular formula is C30H30Cl2FN7O2. The fourth-order valence-electron chi connectivity index (χ4n) is 5.96. The van der Waals surface area contributed by atoms with Gasteiger partial charge in [-0.3, -0.25) is 9.59 Å². The summed E-state index contributed by atoms with van der Waals surface area (Å²) in [6.07, 6.45) is 5.28. The number of benzene rings is 2. The Morgan fingerprint density at radius 2 is 1.79 bits per heavy atom. The van der Waals surface area contributed by atoms with Crippen molar-refractivity contribution in [1.82, 2.24) is 34.6 Å². The Hall–Kier alpha value is -3.76. The second kappa shape index (κ2) is 11.5. The molecule has 2 aliphatic rings. The van der Waals surface area contributed by atoms with Crippen LogP contribution in [0, 0.1) is 5.82 Å². The van der Waals surface area contributed by atoms with Gasteiger partial charge in [0.1, 0.15) is 17.6 Å². The van der Waals surface area contributed by atoms with Gasteiger partial charge in [0, 0.05) is 31.2 Å². The fourth-order valence-corrected chi connectivity index (χ4v) is 6.29. The number of hydrogen-bond acceptors (Lipinski definition) is 5. The molecule has 4 aromatic rings. The highest BCUT2D eigenvalue weighted by atomic mass is 35.5. The lowest BCUT2D eigenvalue weighted by atomic mass is 10.0. The first-order valence-corrected chi connectivity index (χ1v) is 14.8. The highest BCUT2D eigenvalue weighted by molar-refractivity contribution is 6.32. The molecule has 0 spiro atoms. The van der Waals surface area contributed by atoms with Crippen molar-refractivity contribution < 1.29 is 14.0 Å². The van der Waals surface area contributed by atoms with E-state index in [-0.39, 0.29) is 28.8 Å². The van der Waals surface area contributed by atoms with Crippen molar-refractivity contribution >= 4 is 35.0 Å². The van der Waals surface area contributed by atoms with Crippen molar-refractivity contribution in [2.45, 2.75) is 51.1 Å². The third-order valence-corrected chi connectivity index (χ3v) is 8.74. The molecule has 4 heterocycles. The molecule has 0 N–H and O–H groups in total. The molecule has 0 aliphatic carbocycles. The second-order valence-corrected chi connectivity index (χ2v) is 11.8. The van der Waals surface area contributed by atoms with Gasteiger partial charge in [-0.05, 0) is 49.4 Å². The molecule has 2 aliphatic heterocycles. The number of rotatable bonds is 6. The molecule has 2 aromatic heterocycles. The maximum Gasteiger partial charge on any atom is 0.257 e. The van der Waals surface area contributed by atoms with Crippen LogP contribution >= 0.6 is 23.2 Å². The number of carbonyl (C=O) groups excluding carboxylic acids is 2. The lowest BCUT2D eigenvalue weighted by Crippen LogP contribution is -2.47. The first kappa shape index (κ1) is 28.4. The van der Waals surface area contributed by atoms with Crippen molar-refractivity contribution in [3.8, 4) is 16.9 Å². The largest absolute Gasteiger partial charge is 0.338 e. The van der Waals surface area contributed by atoms with Crippen LogP contribution in [-0.2, 0) is 4.79 Å². The number of likely N-dealkylation sites (tertiary alicyclic amines) is 2. The number of aromatic nitrogens is 5. The van der Waals surface area contributed by atoms with Gasteiger partial charge in [0.05, 0.1) is 39.4 Å². The van der Waals surface area contributed by atoms with Gasteiger partial charge in [-0.15, -0.1) is 5.10 Å². The van der Waals surface area contributed by atoms with Gasteiger partial charge in [0.15, 0.2) is 0 Å². The van der Waals surface area contributed by atoms with E-state index >= 15 is 0 Å². The van der Waals surface area contributed by atoms with Crippen LogP contribution in [0.3, 0.4) is 0 Å². The van der Waals surface area contributed by atoms with Crippen molar-refractivity contribution in [2.75, 3.05) is 19.6 Å². The van der Waals surface area contributed by atoms with Crippen molar-refractivity contribution in [3.63, 3.8) is 0 Å². The van der Waals surface area contributed by atoms with Gasteiger partial charge in [-0.1, -0.05) is 60.5 Å². The molecule has 218 valence electrons. The van der Waals surface area contributed by atoms with Crippen LogP contribution < -0.4 is 0 Å². The topological polar surface area (TPSA) is 89.2 Å². The van der Waals surface area contributed by atoms with Crippen LogP contribution in [0.1, 0.15) is 61.1 Å². The van der Waals surface area contributed by atoms with Crippen LogP contribution in [-0.4, -0.2) is 72.1 Å². The third kappa shape index (κ3) is 5.18. The van der Waals surface area contributed by atoms with E-state index in [2.05, 4.69) is 15.4 Å². The molecule has 42 heavy (non-hydrogen) atoms. The Bertz CT molecular complexity index is 1640. The van der Waals surface area contributed by atoms with E-state index in [1.807, 2.05) is 47.9 Å². The van der Waals surface area contributed by atoms with Gasteiger partial charge < -0.3 is 9.80 Å². The molecule has 2 amide bonds. The Labute approximate surface area is 252 Å². The summed E-state index contributed by atoms with van der Waals surface area (Å²) in [6.45, 7) is 5.77. The minimum atomic E-state index is -0.536. The quantitative estimate of drug-likeness (QED) is 0.276. The molecular weight excluding hydrogens is 580 g/mol. The smallest absolute Gasteiger partial charge is 0.257 e. The summed E-state index contributed by atoms with van der Waals surface area (Å²) >= 11 is 12.2. The molecule has 9 nitrogen and oxygen atoms in total. The lowest BCUT2D eigenvalue weighted by molar-refractivity contribution is -0.133. The number of piperidine rings is 1.